The lowest BCUT2D eigenvalue weighted by Crippen LogP contribution is -2.42. The molecule has 0 amide bonds. The van der Waals surface area contributed by atoms with Crippen LogP contribution in [0.2, 0.25) is 0 Å². The number of aliphatic carboxylic acids is 1. The summed E-state index contributed by atoms with van der Waals surface area (Å²) in [5.74, 6) is 0.460. The monoisotopic (exact) mass is 234 g/mol. The highest BCUT2D eigenvalue weighted by Crippen LogP contribution is 2.43. The molecule has 0 radical (unpaired) electrons. The maximum absolute atomic E-state index is 11.0. The molecule has 2 heterocycles. The Bertz CT molecular complexity index is 378. The molecule has 4 atom stereocenters. The summed E-state index contributed by atoms with van der Waals surface area (Å²) >= 11 is 0. The molecule has 0 aromatic rings. The van der Waals surface area contributed by atoms with Crippen molar-refractivity contribution in [1.29, 1.82) is 0 Å². The van der Waals surface area contributed by atoms with Crippen LogP contribution in [0.5, 0.6) is 0 Å². The smallest absolute Gasteiger partial charge is 0.317 e. The van der Waals surface area contributed by atoms with Crippen molar-refractivity contribution >= 4 is 12.2 Å². The Morgan fingerprint density at radius 2 is 2.35 bits per heavy atom. The van der Waals surface area contributed by atoms with E-state index >= 15 is 0 Å². The van der Waals surface area contributed by atoms with E-state index in [2.05, 4.69) is 22.0 Å². The molecule has 4 heteroatoms. The minimum absolute atomic E-state index is 0.167. The third-order valence-electron chi connectivity index (χ3n) is 4.40. The van der Waals surface area contributed by atoms with Crippen molar-refractivity contribution in [1.82, 2.24) is 4.90 Å². The van der Waals surface area contributed by atoms with Crippen molar-refractivity contribution in [2.45, 2.75) is 31.3 Å². The number of carboxylic acid groups (broad SMARTS) is 1. The first-order valence-corrected chi connectivity index (χ1v) is 6.40. The lowest BCUT2D eigenvalue weighted by molar-refractivity contribution is -0.139. The number of rotatable bonds is 2. The lowest BCUT2D eigenvalue weighted by atomic mass is 9.80. The fourth-order valence-corrected chi connectivity index (χ4v) is 3.74. The molecule has 3 rings (SSSR count). The predicted octanol–water partition coefficient (Wildman–Crippen LogP) is 1.18. The van der Waals surface area contributed by atoms with Crippen molar-refractivity contribution < 1.29 is 9.90 Å². The van der Waals surface area contributed by atoms with Crippen LogP contribution < -0.4 is 0 Å². The Morgan fingerprint density at radius 1 is 1.47 bits per heavy atom. The molecule has 4 unspecified atom stereocenters. The van der Waals surface area contributed by atoms with Crippen LogP contribution in [-0.2, 0) is 4.79 Å². The molecule has 1 N–H and O–H groups in total. The summed E-state index contributed by atoms with van der Waals surface area (Å²) in [7, 11) is 0. The fourth-order valence-electron chi connectivity index (χ4n) is 3.74. The Hall–Kier alpha value is -1.16. The van der Waals surface area contributed by atoms with E-state index in [9.17, 15) is 4.79 Å². The summed E-state index contributed by atoms with van der Waals surface area (Å²) in [6.07, 6.45) is 9.63. The SMILES string of the molecule is O=C(O)CN1C2C=CCCC2C2CN=CCC21. The molecule has 0 saturated carbocycles. The van der Waals surface area contributed by atoms with Gasteiger partial charge in [0, 0.05) is 24.8 Å². The zero-order valence-electron chi connectivity index (χ0n) is 9.83. The zero-order chi connectivity index (χ0) is 11.8. The number of fused-ring (bicyclic) bond motifs is 3. The van der Waals surface area contributed by atoms with Gasteiger partial charge in [-0.2, -0.15) is 0 Å². The third-order valence-corrected chi connectivity index (χ3v) is 4.40. The summed E-state index contributed by atoms with van der Waals surface area (Å²) in [6, 6.07) is 0.720. The number of carbonyl (C=O) groups is 1. The van der Waals surface area contributed by atoms with Gasteiger partial charge in [-0.15, -0.1) is 0 Å². The van der Waals surface area contributed by atoms with Gasteiger partial charge >= 0.3 is 5.97 Å². The molecule has 0 spiro atoms. The van der Waals surface area contributed by atoms with E-state index < -0.39 is 5.97 Å². The van der Waals surface area contributed by atoms with Gasteiger partial charge in [0.1, 0.15) is 0 Å². The number of likely N-dealkylation sites (tertiary alicyclic amines) is 1. The highest BCUT2D eigenvalue weighted by atomic mass is 16.4. The van der Waals surface area contributed by atoms with Crippen molar-refractivity contribution in [3.05, 3.63) is 12.2 Å². The van der Waals surface area contributed by atoms with E-state index in [0.717, 1.165) is 19.4 Å². The maximum Gasteiger partial charge on any atom is 0.317 e. The number of nitrogens with zero attached hydrogens (tertiary/aromatic N) is 2. The van der Waals surface area contributed by atoms with Gasteiger partial charge in [-0.05, 0) is 31.1 Å². The van der Waals surface area contributed by atoms with Gasteiger partial charge in [0.25, 0.3) is 0 Å². The van der Waals surface area contributed by atoms with Crippen molar-refractivity contribution in [3.8, 4) is 0 Å². The van der Waals surface area contributed by atoms with Gasteiger partial charge in [0.05, 0.1) is 6.54 Å². The van der Waals surface area contributed by atoms with E-state index in [-0.39, 0.29) is 6.54 Å². The van der Waals surface area contributed by atoms with Crippen LogP contribution in [0.1, 0.15) is 19.3 Å². The molecule has 2 aliphatic heterocycles. The largest absolute Gasteiger partial charge is 0.480 e. The molecule has 3 aliphatic rings. The van der Waals surface area contributed by atoms with E-state index in [1.165, 1.54) is 6.42 Å². The Balaban J connectivity index is 1.88. The first kappa shape index (κ1) is 11.0. The number of carboxylic acids is 1. The molecule has 0 aromatic carbocycles. The molecule has 17 heavy (non-hydrogen) atoms. The second-order valence-electron chi connectivity index (χ2n) is 5.24. The lowest BCUT2D eigenvalue weighted by Gasteiger charge is -2.29. The average molecular weight is 234 g/mol. The molecule has 92 valence electrons. The van der Waals surface area contributed by atoms with Gasteiger partial charge < -0.3 is 5.11 Å². The van der Waals surface area contributed by atoms with E-state index in [1.54, 1.807) is 0 Å². The van der Waals surface area contributed by atoms with E-state index in [4.69, 9.17) is 5.11 Å². The van der Waals surface area contributed by atoms with Gasteiger partial charge in [-0.25, -0.2) is 0 Å². The van der Waals surface area contributed by atoms with Crippen LogP contribution in [0.4, 0.5) is 0 Å². The highest BCUT2D eigenvalue weighted by molar-refractivity contribution is 5.69. The number of aliphatic imine (C=N–C) groups is 1. The molecule has 0 aromatic heterocycles. The summed E-state index contributed by atoms with van der Waals surface area (Å²) < 4.78 is 0. The molecule has 1 saturated heterocycles. The maximum atomic E-state index is 11.0. The summed E-state index contributed by atoms with van der Waals surface area (Å²) in [6.45, 7) is 1.05. The minimum atomic E-state index is -0.717. The molecule has 4 nitrogen and oxygen atoms in total. The predicted molar refractivity (Wildman–Crippen MR) is 65.2 cm³/mol. The highest BCUT2D eigenvalue weighted by Gasteiger charge is 2.48. The van der Waals surface area contributed by atoms with E-state index in [0.29, 0.717) is 23.9 Å². The third kappa shape index (κ3) is 1.80. The first-order valence-electron chi connectivity index (χ1n) is 6.40. The Morgan fingerprint density at radius 3 is 3.18 bits per heavy atom. The van der Waals surface area contributed by atoms with Crippen LogP contribution in [0, 0.1) is 11.8 Å². The standard InChI is InChI=1S/C13H18N2O2/c16-13(17)8-15-11-4-2-1-3-9(11)10-7-14-6-5-12(10)15/h2,4,6,9-12H,1,3,5,7-8H2,(H,16,17). The number of allylic oxidation sites excluding steroid dienone is 1. The van der Waals surface area contributed by atoms with Crippen molar-refractivity contribution in [2.75, 3.05) is 13.1 Å². The second-order valence-corrected chi connectivity index (χ2v) is 5.24. The first-order chi connectivity index (χ1) is 8.27. The van der Waals surface area contributed by atoms with Crippen LogP contribution >= 0.6 is 0 Å². The van der Waals surface area contributed by atoms with Crippen molar-refractivity contribution in [2.24, 2.45) is 16.8 Å². The molecular formula is C13H18N2O2. The normalized spacial score (nSPS) is 40.0. The molecule has 1 aliphatic carbocycles. The number of hydrogen-bond donors (Lipinski definition) is 1. The van der Waals surface area contributed by atoms with Gasteiger partial charge in [0.2, 0.25) is 0 Å². The molecular weight excluding hydrogens is 216 g/mol. The fraction of sp³-hybridized carbons (Fsp3) is 0.692. The summed E-state index contributed by atoms with van der Waals surface area (Å²) in [5.41, 5.74) is 0. The molecule has 1 fully saturated rings. The van der Waals surface area contributed by atoms with Gasteiger partial charge in [-0.1, -0.05) is 12.2 Å². The second kappa shape index (κ2) is 4.26. The number of hydrogen-bond acceptors (Lipinski definition) is 3. The van der Waals surface area contributed by atoms with Crippen LogP contribution in [0.3, 0.4) is 0 Å². The quantitative estimate of drug-likeness (QED) is 0.730. The Labute approximate surface area is 101 Å². The van der Waals surface area contributed by atoms with Gasteiger partial charge in [-0.3, -0.25) is 14.7 Å². The van der Waals surface area contributed by atoms with E-state index in [1.807, 2.05) is 6.21 Å². The van der Waals surface area contributed by atoms with Crippen LogP contribution in [0.25, 0.3) is 0 Å². The van der Waals surface area contributed by atoms with Crippen LogP contribution in [-0.4, -0.2) is 47.4 Å². The van der Waals surface area contributed by atoms with Crippen molar-refractivity contribution in [3.63, 3.8) is 0 Å². The minimum Gasteiger partial charge on any atom is -0.480 e. The summed E-state index contributed by atoms with van der Waals surface area (Å²) in [4.78, 5) is 17.6. The van der Waals surface area contributed by atoms with Crippen LogP contribution in [0.15, 0.2) is 17.1 Å². The topological polar surface area (TPSA) is 52.9 Å². The zero-order valence-corrected chi connectivity index (χ0v) is 9.83. The Kier molecular flexibility index (Phi) is 2.74. The summed E-state index contributed by atoms with van der Waals surface area (Å²) in [5, 5.41) is 9.06. The van der Waals surface area contributed by atoms with Gasteiger partial charge in [0.15, 0.2) is 0 Å². The molecule has 0 bridgehead atoms. The average Bonchev–Trinajstić information content (AvgIpc) is 2.65.